The molecule has 5 nitrogen and oxygen atoms in total. The molecule has 4 rings (SSSR count). The minimum Gasteiger partial charge on any atom is -0.480 e. The van der Waals surface area contributed by atoms with Crippen molar-refractivity contribution in [2.24, 2.45) is 46.3 Å². The predicted octanol–water partition coefficient (Wildman–Crippen LogP) is 5.70. The molecule has 4 unspecified atom stereocenters. The Labute approximate surface area is 194 Å². The first-order valence-electron chi connectivity index (χ1n) is 13.1. The summed E-state index contributed by atoms with van der Waals surface area (Å²) in [5.41, 5.74) is 0.809. The van der Waals surface area contributed by atoms with Gasteiger partial charge in [-0.25, -0.2) is 4.79 Å². The number of esters is 1. The van der Waals surface area contributed by atoms with Crippen molar-refractivity contribution in [2.75, 3.05) is 13.7 Å². The number of carbonyl (C=O) groups is 2. The lowest BCUT2D eigenvalue weighted by atomic mass is 9.44. The minimum atomic E-state index is -0.856. The summed E-state index contributed by atoms with van der Waals surface area (Å²) in [6.45, 7) is 7.33. The van der Waals surface area contributed by atoms with Crippen molar-refractivity contribution in [2.45, 2.75) is 97.5 Å². The summed E-state index contributed by atoms with van der Waals surface area (Å²) in [7, 11) is 1.49. The third-order valence-corrected chi connectivity index (χ3v) is 10.9. The molecule has 0 aromatic rings. The fourth-order valence-corrected chi connectivity index (χ4v) is 9.18. The number of ether oxygens (including phenoxy) is 2. The van der Waals surface area contributed by atoms with Gasteiger partial charge in [0, 0.05) is 6.42 Å². The van der Waals surface area contributed by atoms with Crippen molar-refractivity contribution in [3.8, 4) is 0 Å². The van der Waals surface area contributed by atoms with E-state index in [1.807, 2.05) is 0 Å². The second-order valence-corrected chi connectivity index (χ2v) is 12.1. The van der Waals surface area contributed by atoms with Gasteiger partial charge in [-0.05, 0) is 111 Å². The lowest BCUT2D eigenvalue weighted by Gasteiger charge is -2.61. The van der Waals surface area contributed by atoms with Crippen molar-refractivity contribution in [1.82, 2.24) is 0 Å². The Bertz CT molecular complexity index is 706. The first-order valence-corrected chi connectivity index (χ1v) is 13.1. The third kappa shape index (κ3) is 4.23. The smallest absolute Gasteiger partial charge is 0.329 e. The number of carbonyl (C=O) groups excluding carboxylic acids is 1. The highest BCUT2D eigenvalue weighted by atomic mass is 16.5. The van der Waals surface area contributed by atoms with E-state index in [9.17, 15) is 9.59 Å². The van der Waals surface area contributed by atoms with Gasteiger partial charge in [0.25, 0.3) is 0 Å². The third-order valence-electron chi connectivity index (χ3n) is 10.9. The molecule has 4 saturated carbocycles. The molecule has 4 aliphatic carbocycles. The van der Waals surface area contributed by atoms with Crippen LogP contribution in [-0.4, -0.2) is 36.9 Å². The first kappa shape index (κ1) is 24.0. The topological polar surface area (TPSA) is 72.8 Å². The van der Waals surface area contributed by atoms with Gasteiger partial charge in [-0.15, -0.1) is 0 Å². The van der Waals surface area contributed by atoms with Crippen LogP contribution in [0.3, 0.4) is 0 Å². The molecule has 0 aromatic carbocycles. The summed E-state index contributed by atoms with van der Waals surface area (Å²) in [6.07, 6.45) is 12.8. The summed E-state index contributed by atoms with van der Waals surface area (Å²) in [5, 5.41) is 8.98. The summed E-state index contributed by atoms with van der Waals surface area (Å²) in [6, 6.07) is 0. The fraction of sp³-hybridized carbons (Fsp3) is 0.926. The van der Waals surface area contributed by atoms with Crippen molar-refractivity contribution >= 4 is 11.9 Å². The maximum absolute atomic E-state index is 11.7. The minimum absolute atomic E-state index is 0.0746. The van der Waals surface area contributed by atoms with E-state index in [1.165, 1.54) is 52.1 Å². The molecule has 9 atom stereocenters. The number of aliphatic carboxylic acids is 1. The molecule has 1 N–H and O–H groups in total. The van der Waals surface area contributed by atoms with E-state index >= 15 is 0 Å². The number of hydrogen-bond acceptors (Lipinski definition) is 4. The second kappa shape index (κ2) is 9.27. The molecule has 0 bridgehead atoms. The lowest BCUT2D eigenvalue weighted by Crippen LogP contribution is -2.54. The number of methoxy groups -OCH3 is 1. The number of carboxylic acid groups (broad SMARTS) is 1. The van der Waals surface area contributed by atoms with Crippen LogP contribution in [0.5, 0.6) is 0 Å². The van der Waals surface area contributed by atoms with Gasteiger partial charge in [-0.3, -0.25) is 4.79 Å². The van der Waals surface area contributed by atoms with Crippen molar-refractivity contribution in [3.63, 3.8) is 0 Å². The van der Waals surface area contributed by atoms with Gasteiger partial charge < -0.3 is 14.6 Å². The van der Waals surface area contributed by atoms with Crippen LogP contribution in [0.2, 0.25) is 0 Å². The summed E-state index contributed by atoms with van der Waals surface area (Å²) in [4.78, 5) is 22.6. The maximum atomic E-state index is 11.7. The average Bonchev–Trinajstić information content (AvgIpc) is 3.12. The Kier molecular flexibility index (Phi) is 6.96. The fourth-order valence-electron chi connectivity index (χ4n) is 9.18. The van der Waals surface area contributed by atoms with Gasteiger partial charge in [-0.1, -0.05) is 20.8 Å². The van der Waals surface area contributed by atoms with Gasteiger partial charge >= 0.3 is 11.9 Å². The van der Waals surface area contributed by atoms with E-state index in [-0.39, 0.29) is 18.7 Å². The van der Waals surface area contributed by atoms with Crippen LogP contribution in [0.15, 0.2) is 0 Å². The largest absolute Gasteiger partial charge is 0.480 e. The highest BCUT2D eigenvalue weighted by Crippen LogP contribution is 2.68. The van der Waals surface area contributed by atoms with Gasteiger partial charge in [-0.2, -0.15) is 0 Å². The number of carboxylic acids is 1. The van der Waals surface area contributed by atoms with E-state index in [2.05, 4.69) is 20.8 Å². The molecule has 32 heavy (non-hydrogen) atoms. The maximum Gasteiger partial charge on any atom is 0.329 e. The van der Waals surface area contributed by atoms with Gasteiger partial charge in [0.1, 0.15) is 6.61 Å². The molecule has 0 aromatic heterocycles. The van der Waals surface area contributed by atoms with Crippen LogP contribution in [0.4, 0.5) is 0 Å². The zero-order valence-electron chi connectivity index (χ0n) is 20.6. The number of fused-ring (bicyclic) bond motifs is 5. The first-order chi connectivity index (χ1) is 15.2. The van der Waals surface area contributed by atoms with Crippen LogP contribution >= 0.6 is 0 Å². The van der Waals surface area contributed by atoms with Crippen molar-refractivity contribution in [3.05, 3.63) is 0 Å². The van der Waals surface area contributed by atoms with E-state index in [1.54, 1.807) is 0 Å². The molecule has 4 aliphatic rings. The number of hydrogen-bond donors (Lipinski definition) is 1. The Hall–Kier alpha value is -1.10. The molecular formula is C27H44O5. The zero-order chi connectivity index (χ0) is 23.1. The molecule has 5 heteroatoms. The Balaban J connectivity index is 1.42. The van der Waals surface area contributed by atoms with Gasteiger partial charge in [0.05, 0.1) is 13.2 Å². The van der Waals surface area contributed by atoms with Crippen LogP contribution in [0, 0.1) is 46.3 Å². The molecule has 0 amide bonds. The number of rotatable bonds is 7. The molecule has 0 heterocycles. The predicted molar refractivity (Wildman–Crippen MR) is 123 cm³/mol. The van der Waals surface area contributed by atoms with Crippen molar-refractivity contribution < 1.29 is 24.2 Å². The van der Waals surface area contributed by atoms with Gasteiger partial charge in [0.15, 0.2) is 0 Å². The Morgan fingerprint density at radius 3 is 2.44 bits per heavy atom. The van der Waals surface area contributed by atoms with Crippen molar-refractivity contribution in [1.29, 1.82) is 0 Å². The molecule has 0 aliphatic heterocycles. The average molecular weight is 449 g/mol. The lowest BCUT2D eigenvalue weighted by molar-refractivity contribution is -0.154. The molecule has 0 radical (unpaired) electrons. The van der Waals surface area contributed by atoms with Crippen LogP contribution in [0.25, 0.3) is 0 Å². The van der Waals surface area contributed by atoms with E-state index in [0.29, 0.717) is 29.1 Å². The summed E-state index contributed by atoms with van der Waals surface area (Å²) >= 11 is 0. The van der Waals surface area contributed by atoms with Crippen LogP contribution in [0.1, 0.15) is 91.4 Å². The SMILES string of the molecule is COC(=O)CCC(C)[C@H]1CCC2C3CC[C@@H]4C[C@H](OCC(=O)O)CC[C@]4(C)C3CC[C@@]21C. The molecule has 0 saturated heterocycles. The monoisotopic (exact) mass is 448 g/mol. The Morgan fingerprint density at radius 2 is 1.72 bits per heavy atom. The molecule has 182 valence electrons. The second-order valence-electron chi connectivity index (χ2n) is 12.1. The molecule has 4 fully saturated rings. The molecule has 0 spiro atoms. The Morgan fingerprint density at radius 1 is 1.00 bits per heavy atom. The normalized spacial score (nSPS) is 44.1. The highest BCUT2D eigenvalue weighted by molar-refractivity contribution is 5.69. The van der Waals surface area contributed by atoms with E-state index in [0.717, 1.165) is 42.9 Å². The van der Waals surface area contributed by atoms with Gasteiger partial charge in [0.2, 0.25) is 0 Å². The standard InChI is InChI=1S/C27H44O5/c1-17(5-10-25(30)31-4)21-8-9-22-20-7-6-18-15-19(32-16-24(28)29)11-13-26(18,2)23(20)12-14-27(21,22)3/h17-23H,5-16H2,1-4H3,(H,28,29)/t17?,18-,19-,20?,21-,22?,23?,26+,27-/m1/s1. The van der Waals surface area contributed by atoms with E-state index in [4.69, 9.17) is 14.6 Å². The quantitative estimate of drug-likeness (QED) is 0.505. The van der Waals surface area contributed by atoms with Crippen LogP contribution in [-0.2, 0) is 19.1 Å². The molecular weight excluding hydrogens is 404 g/mol. The highest BCUT2D eigenvalue weighted by Gasteiger charge is 2.60. The van der Waals surface area contributed by atoms with Crippen LogP contribution < -0.4 is 0 Å². The summed E-state index contributed by atoms with van der Waals surface area (Å²) in [5.74, 6) is 3.52. The van der Waals surface area contributed by atoms with E-state index < -0.39 is 5.97 Å². The summed E-state index contributed by atoms with van der Waals surface area (Å²) < 4.78 is 10.6. The zero-order valence-corrected chi connectivity index (χ0v) is 20.6.